The number of aliphatic hydroxyl groups excluding tert-OH is 1. The van der Waals surface area contributed by atoms with Crippen LogP contribution < -0.4 is 0 Å². The van der Waals surface area contributed by atoms with Crippen LogP contribution in [0.3, 0.4) is 0 Å². The second kappa shape index (κ2) is 6.02. The molecule has 1 saturated heterocycles. The Bertz CT molecular complexity index is 614. The Balaban J connectivity index is 1.81. The molecule has 7 heteroatoms. The Morgan fingerprint density at radius 2 is 2.19 bits per heavy atom. The molecule has 1 aliphatic rings. The third-order valence-corrected chi connectivity index (χ3v) is 3.43. The average molecular weight is 288 g/mol. The third-order valence-electron chi connectivity index (χ3n) is 3.43. The number of benzene rings is 1. The zero-order chi connectivity index (χ0) is 14.7. The van der Waals surface area contributed by atoms with Crippen molar-refractivity contribution < 1.29 is 14.6 Å². The van der Waals surface area contributed by atoms with Gasteiger partial charge in [-0.3, -0.25) is 4.79 Å². The summed E-state index contributed by atoms with van der Waals surface area (Å²) < 4.78 is 6.83. The molecule has 0 saturated carbocycles. The molecule has 1 aromatic heterocycles. The van der Waals surface area contributed by atoms with Crippen LogP contribution in [0.4, 0.5) is 0 Å². The highest BCUT2D eigenvalue weighted by molar-refractivity contribution is 5.92. The first kappa shape index (κ1) is 13.7. The number of morpholine rings is 1. The van der Waals surface area contributed by atoms with Crippen LogP contribution in [0.25, 0.3) is 5.69 Å². The minimum absolute atomic E-state index is 0.126. The second-order valence-corrected chi connectivity index (χ2v) is 4.79. The first-order valence-corrected chi connectivity index (χ1v) is 6.77. The molecule has 1 N–H and O–H groups in total. The number of aromatic nitrogens is 3. The smallest absolute Gasteiger partial charge is 0.276 e. The van der Waals surface area contributed by atoms with Gasteiger partial charge in [-0.2, -0.15) is 0 Å². The van der Waals surface area contributed by atoms with E-state index in [9.17, 15) is 9.90 Å². The molecule has 1 amide bonds. The average Bonchev–Trinajstić information content (AvgIpc) is 3.05. The molecule has 110 valence electrons. The van der Waals surface area contributed by atoms with E-state index in [0.29, 0.717) is 19.8 Å². The summed E-state index contributed by atoms with van der Waals surface area (Å²) in [5, 5.41) is 17.2. The zero-order valence-corrected chi connectivity index (χ0v) is 11.4. The van der Waals surface area contributed by atoms with Gasteiger partial charge in [0.2, 0.25) is 0 Å². The highest BCUT2D eigenvalue weighted by Crippen LogP contribution is 2.12. The van der Waals surface area contributed by atoms with E-state index in [4.69, 9.17) is 4.74 Å². The number of nitrogens with zero attached hydrogens (tertiary/aromatic N) is 4. The van der Waals surface area contributed by atoms with Gasteiger partial charge in [-0.05, 0) is 12.1 Å². The first-order chi connectivity index (χ1) is 10.3. The van der Waals surface area contributed by atoms with Crippen molar-refractivity contribution in [3.63, 3.8) is 0 Å². The third kappa shape index (κ3) is 2.79. The van der Waals surface area contributed by atoms with Gasteiger partial charge in [-0.15, -0.1) is 5.10 Å². The summed E-state index contributed by atoms with van der Waals surface area (Å²) in [5.74, 6) is -0.237. The SMILES string of the molecule is O=C(c1cn(-c2ccccc2)nn1)N1CCOCC1CO. The molecular weight excluding hydrogens is 272 g/mol. The standard InChI is InChI=1S/C14H16N4O3/c19-9-12-10-21-7-6-17(12)14(20)13-8-18(16-15-13)11-4-2-1-3-5-11/h1-5,8,12,19H,6-7,9-10H2. The fourth-order valence-corrected chi connectivity index (χ4v) is 2.29. The molecule has 0 radical (unpaired) electrons. The molecule has 2 heterocycles. The summed E-state index contributed by atoms with van der Waals surface area (Å²) >= 11 is 0. The first-order valence-electron chi connectivity index (χ1n) is 6.77. The number of amides is 1. The zero-order valence-electron chi connectivity index (χ0n) is 11.4. The number of ether oxygens (including phenoxy) is 1. The number of carbonyl (C=O) groups excluding carboxylic acids is 1. The van der Waals surface area contributed by atoms with Crippen LogP contribution in [0.15, 0.2) is 36.5 Å². The summed E-state index contributed by atoms with van der Waals surface area (Å²) in [7, 11) is 0. The van der Waals surface area contributed by atoms with Crippen molar-refractivity contribution in [2.24, 2.45) is 0 Å². The summed E-state index contributed by atoms with van der Waals surface area (Å²) in [6, 6.07) is 9.13. The van der Waals surface area contributed by atoms with Gasteiger partial charge in [0.05, 0.1) is 37.7 Å². The largest absolute Gasteiger partial charge is 0.394 e. The van der Waals surface area contributed by atoms with E-state index in [1.165, 1.54) is 0 Å². The van der Waals surface area contributed by atoms with E-state index in [0.717, 1.165) is 5.69 Å². The lowest BCUT2D eigenvalue weighted by Gasteiger charge is -2.33. The van der Waals surface area contributed by atoms with Gasteiger partial charge in [-0.1, -0.05) is 23.4 Å². The maximum atomic E-state index is 12.5. The lowest BCUT2D eigenvalue weighted by Crippen LogP contribution is -2.50. The number of aliphatic hydroxyl groups is 1. The van der Waals surface area contributed by atoms with Gasteiger partial charge < -0.3 is 14.7 Å². The van der Waals surface area contributed by atoms with Gasteiger partial charge in [-0.25, -0.2) is 4.68 Å². The topological polar surface area (TPSA) is 80.5 Å². The number of hydrogen-bond donors (Lipinski definition) is 1. The molecule has 1 aliphatic heterocycles. The van der Waals surface area contributed by atoms with Crippen molar-refractivity contribution in [1.29, 1.82) is 0 Å². The molecule has 1 fully saturated rings. The fourth-order valence-electron chi connectivity index (χ4n) is 2.29. The lowest BCUT2D eigenvalue weighted by atomic mass is 10.2. The van der Waals surface area contributed by atoms with E-state index in [1.807, 2.05) is 30.3 Å². The maximum Gasteiger partial charge on any atom is 0.276 e. The van der Waals surface area contributed by atoms with E-state index >= 15 is 0 Å². The normalized spacial score (nSPS) is 18.7. The van der Waals surface area contributed by atoms with Crippen molar-refractivity contribution in [3.05, 3.63) is 42.2 Å². The van der Waals surface area contributed by atoms with Gasteiger partial charge >= 0.3 is 0 Å². The Morgan fingerprint density at radius 1 is 1.38 bits per heavy atom. The Labute approximate surface area is 121 Å². The molecule has 1 atom stereocenters. The van der Waals surface area contributed by atoms with E-state index < -0.39 is 0 Å². The molecular formula is C14H16N4O3. The second-order valence-electron chi connectivity index (χ2n) is 4.79. The minimum Gasteiger partial charge on any atom is -0.394 e. The predicted octanol–water partition coefficient (Wildman–Crippen LogP) is 0.101. The van der Waals surface area contributed by atoms with Crippen LogP contribution >= 0.6 is 0 Å². The summed E-state index contributed by atoms with van der Waals surface area (Å²) in [6.07, 6.45) is 1.60. The van der Waals surface area contributed by atoms with Crippen LogP contribution in [0.2, 0.25) is 0 Å². The summed E-state index contributed by atoms with van der Waals surface area (Å²) in [5.41, 5.74) is 1.10. The molecule has 1 unspecified atom stereocenters. The van der Waals surface area contributed by atoms with E-state index in [1.54, 1.807) is 15.8 Å². The van der Waals surface area contributed by atoms with Crippen LogP contribution in [-0.4, -0.2) is 63.3 Å². The van der Waals surface area contributed by atoms with Crippen LogP contribution in [0.1, 0.15) is 10.5 Å². The number of rotatable bonds is 3. The number of hydrogen-bond acceptors (Lipinski definition) is 5. The highest BCUT2D eigenvalue weighted by Gasteiger charge is 2.29. The quantitative estimate of drug-likeness (QED) is 0.866. The van der Waals surface area contributed by atoms with Crippen molar-refractivity contribution >= 4 is 5.91 Å². The predicted molar refractivity (Wildman–Crippen MR) is 74.1 cm³/mol. The van der Waals surface area contributed by atoms with Crippen molar-refractivity contribution in [1.82, 2.24) is 19.9 Å². The van der Waals surface area contributed by atoms with Crippen LogP contribution in [-0.2, 0) is 4.74 Å². The van der Waals surface area contributed by atoms with Gasteiger partial charge in [0.25, 0.3) is 5.91 Å². The highest BCUT2D eigenvalue weighted by atomic mass is 16.5. The molecule has 0 aliphatic carbocycles. The summed E-state index contributed by atoms with van der Waals surface area (Å²) in [6.45, 7) is 1.13. The monoisotopic (exact) mass is 288 g/mol. The molecule has 3 rings (SSSR count). The maximum absolute atomic E-state index is 12.5. The van der Waals surface area contributed by atoms with Crippen molar-refractivity contribution in [3.8, 4) is 5.69 Å². The van der Waals surface area contributed by atoms with Crippen molar-refractivity contribution in [2.45, 2.75) is 6.04 Å². The Hall–Kier alpha value is -2.25. The number of para-hydroxylation sites is 1. The lowest BCUT2D eigenvalue weighted by molar-refractivity contribution is -0.0186. The van der Waals surface area contributed by atoms with E-state index in [2.05, 4.69) is 10.3 Å². The molecule has 2 aromatic rings. The van der Waals surface area contributed by atoms with E-state index in [-0.39, 0.29) is 24.2 Å². The van der Waals surface area contributed by atoms with Gasteiger partial charge in [0.1, 0.15) is 0 Å². The van der Waals surface area contributed by atoms with Gasteiger partial charge in [0.15, 0.2) is 5.69 Å². The minimum atomic E-state index is -0.326. The molecule has 7 nitrogen and oxygen atoms in total. The van der Waals surface area contributed by atoms with Crippen LogP contribution in [0.5, 0.6) is 0 Å². The molecule has 1 aromatic carbocycles. The molecule has 0 bridgehead atoms. The molecule has 0 spiro atoms. The van der Waals surface area contributed by atoms with Crippen molar-refractivity contribution in [2.75, 3.05) is 26.4 Å². The van der Waals surface area contributed by atoms with Gasteiger partial charge in [0, 0.05) is 6.54 Å². The molecule has 21 heavy (non-hydrogen) atoms. The Kier molecular flexibility index (Phi) is 3.94. The fraction of sp³-hybridized carbons (Fsp3) is 0.357. The van der Waals surface area contributed by atoms with Crippen LogP contribution in [0, 0.1) is 0 Å². The Morgan fingerprint density at radius 3 is 2.95 bits per heavy atom. The summed E-state index contributed by atoms with van der Waals surface area (Å²) in [4.78, 5) is 14.0. The number of carbonyl (C=O) groups is 1.